The number of nitrogens with zero attached hydrogens (tertiary/aromatic N) is 2. The number of methoxy groups -OCH3 is 6. The average molecular weight is 1570 g/mol. The molecule has 0 aliphatic heterocycles. The molecule has 6 aromatic rings. The zero-order chi connectivity index (χ0) is 81.0. The first-order valence-corrected chi connectivity index (χ1v) is 25.9. The summed E-state index contributed by atoms with van der Waals surface area (Å²) < 4.78 is 283. The predicted molar refractivity (Wildman–Crippen MR) is 306 cm³/mol. The number of benzene rings is 6. The zero-order valence-corrected chi connectivity index (χ0v) is 53.0. The molecule has 0 atom stereocenters. The number of carbonyl (C=O) groups excluding carboxylic acids is 6. The molecule has 0 heterocycles. The summed E-state index contributed by atoms with van der Waals surface area (Å²) >= 11 is 4.60. The van der Waals surface area contributed by atoms with Gasteiger partial charge in [-0.15, -0.1) is 79.0 Å². The van der Waals surface area contributed by atoms with Crippen molar-refractivity contribution in [2.75, 3.05) is 54.1 Å². The number of hydrogen-bond acceptors (Lipinski definition) is 30. The molecule has 5 N–H and O–H groups in total. The van der Waals surface area contributed by atoms with Crippen molar-refractivity contribution >= 4 is 70.6 Å². The highest BCUT2D eigenvalue weighted by Gasteiger charge is 2.38. The number of para-hydroxylation sites is 4. The summed E-state index contributed by atoms with van der Waals surface area (Å²) in [5, 5.41) is 29.8. The first kappa shape index (κ1) is 92.2. The van der Waals surface area contributed by atoms with Crippen molar-refractivity contribution < 1.29 is 203 Å². The van der Waals surface area contributed by atoms with E-state index in [0.29, 0.717) is 18.2 Å². The molecule has 6 rings (SSSR count). The smallest absolute Gasteiger partial charge is 0.504 e. The van der Waals surface area contributed by atoms with Gasteiger partial charge in [0.1, 0.15) is 0 Å². The minimum Gasteiger partial charge on any atom is -0.504 e. The molecule has 0 aliphatic rings. The third-order valence-electron chi connectivity index (χ3n) is 9.24. The maximum absolute atomic E-state index is 12.1. The van der Waals surface area contributed by atoms with E-state index < -0.39 is 159 Å². The number of carbonyl (C=O) groups is 6. The molecule has 0 amide bonds. The van der Waals surface area contributed by atoms with Crippen molar-refractivity contribution in [2.45, 2.75) is 38.2 Å². The first-order chi connectivity index (χ1) is 48.3. The van der Waals surface area contributed by atoms with Crippen LogP contribution < -0.4 is 63.6 Å². The van der Waals surface area contributed by atoms with Gasteiger partial charge in [-0.1, -0.05) is 24.3 Å². The van der Waals surface area contributed by atoms with Gasteiger partial charge >= 0.3 is 74.4 Å². The maximum atomic E-state index is 12.1. The number of non-ortho nitro benzene ring substituents is 2. The van der Waals surface area contributed by atoms with Crippen LogP contribution in [-0.2, 0) is 28.4 Å². The number of alkyl halides is 18. The van der Waals surface area contributed by atoms with Crippen LogP contribution in [-0.4, -0.2) is 132 Å². The summed E-state index contributed by atoms with van der Waals surface area (Å²) in [5.41, 5.74) is 8.76. The van der Waals surface area contributed by atoms with Crippen molar-refractivity contribution in [2.24, 2.45) is 0 Å². The van der Waals surface area contributed by atoms with Crippen LogP contribution in [0.15, 0.2) is 121 Å². The number of rotatable bonds is 13. The molecule has 32 nitrogen and oxygen atoms in total. The number of phenolic OH excluding ortho intramolecular Hbond substituents is 1. The van der Waals surface area contributed by atoms with Crippen molar-refractivity contribution in [3.05, 3.63) is 142 Å². The summed E-state index contributed by atoms with van der Waals surface area (Å²) in [6.07, 6.45) is -35.7. The van der Waals surface area contributed by atoms with Crippen LogP contribution in [0, 0.1) is 20.2 Å². The molecule has 105 heavy (non-hydrogen) atoms. The summed E-state index contributed by atoms with van der Waals surface area (Å²) in [6, 6.07) is 20.2. The van der Waals surface area contributed by atoms with Gasteiger partial charge in [0, 0.05) is 47.2 Å². The Bertz CT molecular complexity index is 3840. The third-order valence-corrected chi connectivity index (χ3v) is 9.39. The number of nitrogen functional groups attached to an aromatic ring is 2. The minimum atomic E-state index is -5.09. The van der Waals surface area contributed by atoms with Gasteiger partial charge in [-0.3, -0.25) is 20.2 Å². The summed E-state index contributed by atoms with van der Waals surface area (Å²) in [4.78, 5) is 82.4. The van der Waals surface area contributed by atoms with Crippen LogP contribution in [0.3, 0.4) is 0 Å². The van der Waals surface area contributed by atoms with E-state index in [2.05, 4.69) is 92.1 Å². The first-order valence-electron chi connectivity index (χ1n) is 25.6. The molecule has 0 aliphatic carbocycles. The van der Waals surface area contributed by atoms with Crippen molar-refractivity contribution in [1.29, 1.82) is 0 Å². The Morgan fingerprint density at radius 3 is 0.867 bits per heavy atom. The van der Waals surface area contributed by atoms with Gasteiger partial charge in [0.15, 0.2) is 69.0 Å². The van der Waals surface area contributed by atoms with Crippen LogP contribution in [0.1, 0.15) is 0 Å². The van der Waals surface area contributed by atoms with E-state index in [9.17, 15) is 128 Å². The Morgan fingerprint density at radius 2 is 0.552 bits per heavy atom. The van der Waals surface area contributed by atoms with Crippen molar-refractivity contribution in [3.8, 4) is 69.0 Å². The fourth-order valence-electron chi connectivity index (χ4n) is 5.49. The highest BCUT2D eigenvalue weighted by Crippen LogP contribution is 2.40. The number of nitro benzene ring substituents is 2. The quantitative estimate of drug-likeness (QED) is 0.0141. The van der Waals surface area contributed by atoms with Crippen LogP contribution >= 0.6 is 11.6 Å². The second-order valence-electron chi connectivity index (χ2n) is 16.6. The number of anilines is 2. The standard InChI is InChI=1S/2C9H6F3NO6.2C9H8F3NO4.C9H7F3O4.C7H5F3O2.C2H3ClO2/c1-17-8(14)18-7-4-5(13(15)16)2-3-6(7)19-9(10,11)12;1-17-8(14)18-6-3-2-5(13(15)16)4-7(6)19-9(10,11)12;1-15-8(14)16-7-4-5(13)2-3-6(7)17-9(10,11)12;1-15-8(14)16-6-3-2-5(13)4-7(6)17-9(10,11)12;1-14-8(13)15-6-4-2-3-5-7(6)16-9(10,11)12;8-7(9,10)12-6-4-2-1-3-5(6)11;1-5-2(3)4/h2*2-4H,1H3;2*2-4H,13H2,1H3;2-5H,1H3;1-4,11H;1H3. The molecular formula is C54H43ClF18N4O28. The number of phenols is 1. The number of aromatic hydroxyl groups is 1. The van der Waals surface area contributed by atoms with E-state index >= 15 is 0 Å². The van der Waals surface area contributed by atoms with Gasteiger partial charge in [-0.25, -0.2) is 28.8 Å². The van der Waals surface area contributed by atoms with Crippen LogP contribution in [0.4, 0.5) is 131 Å². The average Bonchev–Trinajstić information content (AvgIpc) is 0.865. The normalized spacial score (nSPS) is 10.6. The fraction of sp³-hybridized carbons (Fsp3) is 0.222. The van der Waals surface area contributed by atoms with Crippen molar-refractivity contribution in [3.63, 3.8) is 0 Å². The fourth-order valence-corrected chi connectivity index (χ4v) is 5.49. The monoisotopic (exact) mass is 1570 g/mol. The third kappa shape index (κ3) is 42.1. The Morgan fingerprint density at radius 1 is 0.333 bits per heavy atom. The summed E-state index contributed by atoms with van der Waals surface area (Å²) in [5.74, 6) is -7.78. The lowest BCUT2D eigenvalue weighted by atomic mass is 10.3. The van der Waals surface area contributed by atoms with Crippen LogP contribution in [0.2, 0.25) is 0 Å². The topological polar surface area (TPSA) is 418 Å². The Hall–Kier alpha value is -12.8. The lowest BCUT2D eigenvalue weighted by molar-refractivity contribution is -0.385. The summed E-state index contributed by atoms with van der Waals surface area (Å²) in [6.45, 7) is 0. The lowest BCUT2D eigenvalue weighted by Crippen LogP contribution is -2.18. The van der Waals surface area contributed by atoms with Gasteiger partial charge in [0.2, 0.25) is 0 Å². The van der Waals surface area contributed by atoms with Gasteiger partial charge in [-0.05, 0) is 60.7 Å². The molecule has 0 radical (unpaired) electrons. The van der Waals surface area contributed by atoms with Gasteiger partial charge in [0.25, 0.3) is 11.4 Å². The van der Waals surface area contributed by atoms with Crippen LogP contribution in [0.25, 0.3) is 0 Å². The molecule has 580 valence electrons. The molecular weight excluding hydrogens is 1530 g/mol. The number of ether oxygens (including phenoxy) is 17. The van der Waals surface area contributed by atoms with E-state index in [-0.39, 0.29) is 17.1 Å². The molecule has 0 bridgehead atoms. The lowest BCUT2D eigenvalue weighted by Gasteiger charge is -2.13. The van der Waals surface area contributed by atoms with E-state index in [1.165, 1.54) is 43.5 Å². The Kier molecular flexibility index (Phi) is 37.2. The molecule has 0 saturated carbocycles. The van der Waals surface area contributed by atoms with Crippen LogP contribution in [0.5, 0.6) is 69.0 Å². The number of nitro groups is 2. The SMILES string of the molecule is COC(=O)Cl.COC(=O)Oc1cc(N)ccc1OC(F)(F)F.COC(=O)Oc1cc([N+](=O)[O-])ccc1OC(F)(F)F.COC(=O)Oc1ccc(N)cc1OC(F)(F)F.COC(=O)Oc1ccc([N+](=O)[O-])cc1OC(F)(F)F.COC(=O)Oc1ccccc1OC(F)(F)F.Oc1ccccc1OC(F)(F)F. The molecule has 6 aromatic carbocycles. The molecule has 0 unspecified atom stereocenters. The van der Waals surface area contributed by atoms with E-state index in [1.807, 2.05) is 0 Å². The largest absolute Gasteiger partial charge is 0.573 e. The Balaban J connectivity index is 0.00000122. The van der Waals surface area contributed by atoms with Gasteiger partial charge < -0.3 is 97.1 Å². The minimum absolute atomic E-state index is 0.0291. The number of hydrogen-bond donors (Lipinski definition) is 3. The molecule has 0 saturated heterocycles. The van der Waals surface area contributed by atoms with E-state index in [4.69, 9.17) is 16.6 Å². The summed E-state index contributed by atoms with van der Waals surface area (Å²) in [7, 11) is 6.15. The van der Waals surface area contributed by atoms with E-state index in [0.717, 1.165) is 102 Å². The van der Waals surface area contributed by atoms with Gasteiger partial charge in [0.05, 0.1) is 64.6 Å². The number of nitrogens with two attached hydrogens (primary N) is 2. The van der Waals surface area contributed by atoms with Crippen molar-refractivity contribution in [1.82, 2.24) is 0 Å². The second kappa shape index (κ2) is 42.4. The second-order valence-corrected chi connectivity index (χ2v) is 16.9. The highest BCUT2D eigenvalue weighted by molar-refractivity contribution is 6.61. The number of halogens is 19. The molecule has 0 spiro atoms. The zero-order valence-electron chi connectivity index (χ0n) is 52.2. The molecule has 0 aromatic heterocycles. The maximum Gasteiger partial charge on any atom is 0.573 e. The highest BCUT2D eigenvalue weighted by atomic mass is 35.5. The van der Waals surface area contributed by atoms with E-state index in [1.54, 1.807) is 0 Å². The predicted octanol–water partition coefficient (Wildman–Crippen LogP) is 15.9. The molecule has 51 heteroatoms. The Labute approximate surface area is 575 Å². The van der Waals surface area contributed by atoms with Gasteiger partial charge in [-0.2, -0.15) is 0 Å². The molecule has 0 fully saturated rings.